The zero-order chi connectivity index (χ0) is 19.2. The third kappa shape index (κ3) is 4.81. The quantitative estimate of drug-likeness (QED) is 0.402. The van der Waals surface area contributed by atoms with Gasteiger partial charge in [0.1, 0.15) is 24.3 Å². The van der Waals surface area contributed by atoms with Crippen molar-refractivity contribution in [2.24, 2.45) is 0 Å². The molecule has 0 aliphatic rings. The van der Waals surface area contributed by atoms with Crippen molar-refractivity contribution in [2.75, 3.05) is 0 Å². The van der Waals surface area contributed by atoms with Crippen LogP contribution >= 0.6 is 11.6 Å². The number of ether oxygens (including phenoxy) is 1. The van der Waals surface area contributed by atoms with E-state index in [9.17, 15) is 0 Å². The molecule has 4 aromatic rings. The van der Waals surface area contributed by atoms with Gasteiger partial charge < -0.3 is 13.7 Å². The Morgan fingerprint density at radius 3 is 2.61 bits per heavy atom. The highest BCUT2D eigenvalue weighted by molar-refractivity contribution is 6.30. The summed E-state index contributed by atoms with van der Waals surface area (Å²) in [6.07, 6.45) is 9.35. The van der Waals surface area contributed by atoms with Gasteiger partial charge in [-0.2, -0.15) is 0 Å². The summed E-state index contributed by atoms with van der Waals surface area (Å²) in [6.45, 7) is 1.33. The van der Waals surface area contributed by atoms with Crippen LogP contribution in [-0.4, -0.2) is 14.5 Å². The van der Waals surface area contributed by atoms with Crippen molar-refractivity contribution in [3.05, 3.63) is 89.8 Å². The molecule has 0 amide bonds. The van der Waals surface area contributed by atoms with Gasteiger partial charge in [0.2, 0.25) is 5.89 Å². The Morgan fingerprint density at radius 1 is 1.04 bits per heavy atom. The molecule has 0 atom stereocenters. The summed E-state index contributed by atoms with van der Waals surface area (Å²) < 4.78 is 13.4. The van der Waals surface area contributed by atoms with Crippen LogP contribution < -0.4 is 4.74 Å². The van der Waals surface area contributed by atoms with Crippen LogP contribution in [0.3, 0.4) is 0 Å². The highest BCUT2D eigenvalue weighted by Gasteiger charge is 2.07. The first-order valence-corrected chi connectivity index (χ1v) is 9.52. The number of halogens is 1. The molecule has 0 radical (unpaired) electrons. The standard InChI is InChI=1S/C22H20ClN3O2/c23-19-7-5-18(6-8-19)22-25-20(15-28-22)14-27-21-9-3-17(4-10-21)2-1-12-26-13-11-24-16-26/h3-11,13,15-16H,1-2,12,14H2. The maximum absolute atomic E-state index is 5.91. The van der Waals surface area contributed by atoms with Gasteiger partial charge in [0.25, 0.3) is 0 Å². The zero-order valence-corrected chi connectivity index (χ0v) is 16.0. The Bertz CT molecular complexity index is 993. The maximum atomic E-state index is 5.91. The van der Waals surface area contributed by atoms with Gasteiger partial charge in [-0.3, -0.25) is 0 Å². The molecule has 2 aromatic heterocycles. The molecular weight excluding hydrogens is 374 g/mol. The lowest BCUT2D eigenvalue weighted by Crippen LogP contribution is -1.98. The molecule has 0 aliphatic carbocycles. The number of hydrogen-bond donors (Lipinski definition) is 0. The van der Waals surface area contributed by atoms with Crippen molar-refractivity contribution in [3.63, 3.8) is 0 Å². The molecule has 0 saturated carbocycles. The minimum absolute atomic E-state index is 0.358. The number of hydrogen-bond acceptors (Lipinski definition) is 4. The van der Waals surface area contributed by atoms with Gasteiger partial charge >= 0.3 is 0 Å². The second-order valence-electron chi connectivity index (χ2n) is 6.49. The van der Waals surface area contributed by atoms with E-state index in [1.54, 1.807) is 12.5 Å². The van der Waals surface area contributed by atoms with Gasteiger partial charge in [-0.15, -0.1) is 0 Å². The topological polar surface area (TPSA) is 53.1 Å². The molecular formula is C22H20ClN3O2. The lowest BCUT2D eigenvalue weighted by atomic mass is 10.1. The molecule has 142 valence electrons. The Balaban J connectivity index is 1.27. The summed E-state index contributed by atoms with van der Waals surface area (Å²) in [5, 5.41) is 0.684. The average molecular weight is 394 g/mol. The number of benzene rings is 2. The van der Waals surface area contributed by atoms with Crippen LogP contribution in [0.5, 0.6) is 5.75 Å². The molecule has 28 heavy (non-hydrogen) atoms. The van der Waals surface area contributed by atoms with E-state index in [2.05, 4.69) is 26.7 Å². The normalized spacial score (nSPS) is 10.9. The first-order valence-electron chi connectivity index (χ1n) is 9.14. The fraction of sp³-hybridized carbons (Fsp3) is 0.182. The Hall–Kier alpha value is -3.05. The second kappa shape index (κ2) is 8.76. The van der Waals surface area contributed by atoms with Crippen molar-refractivity contribution < 1.29 is 9.15 Å². The predicted molar refractivity (Wildman–Crippen MR) is 108 cm³/mol. The van der Waals surface area contributed by atoms with E-state index in [0.717, 1.165) is 36.4 Å². The van der Waals surface area contributed by atoms with Crippen LogP contribution in [0.1, 0.15) is 17.7 Å². The third-order valence-corrected chi connectivity index (χ3v) is 4.65. The van der Waals surface area contributed by atoms with E-state index < -0.39 is 0 Å². The van der Waals surface area contributed by atoms with E-state index in [-0.39, 0.29) is 0 Å². The predicted octanol–water partition coefficient (Wildman–Crippen LogP) is 5.40. The smallest absolute Gasteiger partial charge is 0.226 e. The van der Waals surface area contributed by atoms with Crippen LogP contribution in [0.4, 0.5) is 0 Å². The number of oxazole rings is 1. The monoisotopic (exact) mass is 393 g/mol. The largest absolute Gasteiger partial charge is 0.487 e. The van der Waals surface area contributed by atoms with Crippen LogP contribution in [-0.2, 0) is 19.6 Å². The number of imidazole rings is 1. The van der Waals surface area contributed by atoms with Crippen molar-refractivity contribution in [1.82, 2.24) is 14.5 Å². The maximum Gasteiger partial charge on any atom is 0.226 e. The van der Waals surface area contributed by atoms with E-state index in [1.165, 1.54) is 5.56 Å². The number of aromatic nitrogens is 3. The van der Waals surface area contributed by atoms with Crippen molar-refractivity contribution in [2.45, 2.75) is 26.0 Å². The summed E-state index contributed by atoms with van der Waals surface area (Å²) in [6, 6.07) is 15.6. The highest BCUT2D eigenvalue weighted by atomic mass is 35.5. The lowest BCUT2D eigenvalue weighted by Gasteiger charge is -2.06. The van der Waals surface area contributed by atoms with E-state index in [4.69, 9.17) is 20.8 Å². The van der Waals surface area contributed by atoms with Crippen molar-refractivity contribution in [1.29, 1.82) is 0 Å². The Labute approximate surface area is 168 Å². The molecule has 0 bridgehead atoms. The van der Waals surface area contributed by atoms with E-state index >= 15 is 0 Å². The first kappa shape index (κ1) is 18.3. The Morgan fingerprint density at radius 2 is 1.86 bits per heavy atom. The fourth-order valence-corrected chi connectivity index (χ4v) is 3.02. The van der Waals surface area contributed by atoms with Gasteiger partial charge in [-0.05, 0) is 54.8 Å². The van der Waals surface area contributed by atoms with Gasteiger partial charge in [0, 0.05) is 29.5 Å². The number of rotatable bonds is 8. The lowest BCUT2D eigenvalue weighted by molar-refractivity contribution is 0.301. The average Bonchev–Trinajstić information content (AvgIpc) is 3.40. The summed E-state index contributed by atoms with van der Waals surface area (Å²) in [4.78, 5) is 8.52. The Kier molecular flexibility index (Phi) is 5.73. The van der Waals surface area contributed by atoms with Crippen molar-refractivity contribution >= 4 is 11.6 Å². The molecule has 0 fully saturated rings. The van der Waals surface area contributed by atoms with Gasteiger partial charge in [0.05, 0.1) is 6.33 Å². The zero-order valence-electron chi connectivity index (χ0n) is 15.3. The molecule has 0 unspecified atom stereocenters. The van der Waals surface area contributed by atoms with Gasteiger partial charge in [-0.25, -0.2) is 9.97 Å². The molecule has 0 spiro atoms. The van der Waals surface area contributed by atoms with Gasteiger partial charge in [-0.1, -0.05) is 23.7 Å². The summed E-state index contributed by atoms with van der Waals surface area (Å²) in [7, 11) is 0. The molecule has 2 heterocycles. The molecule has 0 saturated heterocycles. The molecule has 6 heteroatoms. The fourth-order valence-electron chi connectivity index (χ4n) is 2.89. The van der Waals surface area contributed by atoms with Gasteiger partial charge in [0.15, 0.2) is 0 Å². The van der Waals surface area contributed by atoms with E-state index in [1.807, 2.05) is 48.9 Å². The minimum Gasteiger partial charge on any atom is -0.487 e. The van der Waals surface area contributed by atoms with E-state index in [0.29, 0.717) is 17.5 Å². The SMILES string of the molecule is Clc1ccc(-c2nc(COc3ccc(CCCn4ccnc4)cc3)co2)cc1. The van der Waals surface area contributed by atoms with Crippen LogP contribution in [0.15, 0.2) is 77.9 Å². The first-order chi connectivity index (χ1) is 13.8. The molecule has 0 N–H and O–H groups in total. The molecule has 4 rings (SSSR count). The summed E-state index contributed by atoms with van der Waals surface area (Å²) >= 11 is 5.91. The molecule has 2 aromatic carbocycles. The van der Waals surface area contributed by atoms with Crippen LogP contribution in [0.2, 0.25) is 5.02 Å². The highest BCUT2D eigenvalue weighted by Crippen LogP contribution is 2.22. The second-order valence-corrected chi connectivity index (χ2v) is 6.92. The minimum atomic E-state index is 0.358. The summed E-state index contributed by atoms with van der Waals surface area (Å²) in [5.74, 6) is 1.37. The summed E-state index contributed by atoms with van der Waals surface area (Å²) in [5.41, 5.74) is 2.92. The van der Waals surface area contributed by atoms with Crippen LogP contribution in [0.25, 0.3) is 11.5 Å². The van der Waals surface area contributed by atoms with Crippen molar-refractivity contribution in [3.8, 4) is 17.2 Å². The molecule has 0 aliphatic heterocycles. The number of aryl methyl sites for hydroxylation is 2. The third-order valence-electron chi connectivity index (χ3n) is 4.39. The van der Waals surface area contributed by atoms with Crippen LogP contribution in [0, 0.1) is 0 Å². The molecule has 5 nitrogen and oxygen atoms in total. The number of nitrogens with zero attached hydrogens (tertiary/aromatic N) is 3.